The molecule has 2 unspecified atom stereocenters. The highest BCUT2D eigenvalue weighted by atomic mass is 16.5. The number of hydrogen-bond acceptors (Lipinski definition) is 2. The van der Waals surface area contributed by atoms with Gasteiger partial charge in [0.05, 0.1) is 6.61 Å². The number of ether oxygens (including phenoxy) is 1. The Bertz CT molecular complexity index is 331. The summed E-state index contributed by atoms with van der Waals surface area (Å²) in [6.07, 6.45) is 1.16. The molecule has 1 rings (SSSR count). The maximum absolute atomic E-state index is 5.74. The molecule has 1 aromatic rings. The van der Waals surface area contributed by atoms with E-state index in [0.29, 0.717) is 17.9 Å². The van der Waals surface area contributed by atoms with Crippen LogP contribution in [0.2, 0.25) is 0 Å². The minimum atomic E-state index is 0.483. The fourth-order valence-electron chi connectivity index (χ4n) is 1.43. The van der Waals surface area contributed by atoms with Gasteiger partial charge in [-0.25, -0.2) is 0 Å². The summed E-state index contributed by atoms with van der Waals surface area (Å²) in [5.41, 5.74) is 1.16. The quantitative estimate of drug-likeness (QED) is 0.764. The van der Waals surface area contributed by atoms with Gasteiger partial charge in [-0.2, -0.15) is 0 Å². The highest BCUT2D eigenvalue weighted by Gasteiger charge is 2.06. The van der Waals surface area contributed by atoms with Gasteiger partial charge in [0.15, 0.2) is 0 Å². The molecule has 0 aliphatic rings. The molecule has 0 saturated carbocycles. The van der Waals surface area contributed by atoms with Crippen molar-refractivity contribution in [3.63, 3.8) is 0 Å². The summed E-state index contributed by atoms with van der Waals surface area (Å²) in [6, 6.07) is 8.74. The Labute approximate surface area is 112 Å². The van der Waals surface area contributed by atoms with E-state index in [1.807, 2.05) is 12.1 Å². The molecule has 2 atom stereocenters. The van der Waals surface area contributed by atoms with Crippen LogP contribution in [0.5, 0.6) is 5.75 Å². The van der Waals surface area contributed by atoms with Crippen LogP contribution in [0.3, 0.4) is 0 Å². The average molecular weight is 249 g/mol. The summed E-state index contributed by atoms with van der Waals surface area (Å²) in [7, 11) is 0. The van der Waals surface area contributed by atoms with E-state index in [9.17, 15) is 0 Å². The summed E-state index contributed by atoms with van der Waals surface area (Å²) < 4.78 is 5.74. The molecule has 2 heteroatoms. The van der Waals surface area contributed by atoms with Gasteiger partial charge in [0.25, 0.3) is 0 Å². The monoisotopic (exact) mass is 249 g/mol. The van der Waals surface area contributed by atoms with Gasteiger partial charge >= 0.3 is 0 Å². The first-order valence-electron chi connectivity index (χ1n) is 7.02. The van der Waals surface area contributed by atoms with Crippen molar-refractivity contribution in [2.45, 2.75) is 47.1 Å². The second kappa shape index (κ2) is 7.30. The maximum Gasteiger partial charge on any atom is 0.119 e. The average Bonchev–Trinajstić information content (AvgIpc) is 2.37. The highest BCUT2D eigenvalue weighted by Crippen LogP contribution is 2.18. The second-order valence-electron chi connectivity index (χ2n) is 5.53. The fourth-order valence-corrected chi connectivity index (χ4v) is 1.43. The minimum Gasteiger partial charge on any atom is -0.493 e. The molecule has 1 aromatic carbocycles. The zero-order valence-corrected chi connectivity index (χ0v) is 12.4. The van der Waals surface area contributed by atoms with E-state index in [0.717, 1.165) is 24.5 Å². The Morgan fingerprint density at radius 2 is 1.67 bits per heavy atom. The van der Waals surface area contributed by atoms with Gasteiger partial charge in [0.2, 0.25) is 0 Å². The third-order valence-electron chi connectivity index (χ3n) is 3.48. The normalized spacial score (nSPS) is 14.3. The van der Waals surface area contributed by atoms with Crippen molar-refractivity contribution in [3.05, 3.63) is 24.3 Å². The van der Waals surface area contributed by atoms with Crippen LogP contribution in [0.4, 0.5) is 5.69 Å². The number of rotatable bonds is 7. The molecule has 0 radical (unpaired) electrons. The van der Waals surface area contributed by atoms with Gasteiger partial charge in [0.1, 0.15) is 5.75 Å². The highest BCUT2D eigenvalue weighted by molar-refractivity contribution is 5.47. The van der Waals surface area contributed by atoms with Crippen molar-refractivity contribution in [3.8, 4) is 5.75 Å². The Morgan fingerprint density at radius 1 is 1.06 bits per heavy atom. The standard InChI is InChI=1S/C16H27NO/c1-6-13(4)11-18-16-9-7-15(8-10-16)17-14(5)12(2)3/h7-10,12-14,17H,6,11H2,1-5H3. The van der Waals surface area contributed by atoms with Crippen LogP contribution >= 0.6 is 0 Å². The van der Waals surface area contributed by atoms with Crippen LogP contribution in [0, 0.1) is 11.8 Å². The molecular formula is C16H27NO. The lowest BCUT2D eigenvalue weighted by molar-refractivity contribution is 0.256. The predicted molar refractivity (Wildman–Crippen MR) is 79.3 cm³/mol. The van der Waals surface area contributed by atoms with Crippen LogP contribution in [0.25, 0.3) is 0 Å². The van der Waals surface area contributed by atoms with Gasteiger partial charge < -0.3 is 10.1 Å². The summed E-state index contributed by atoms with van der Waals surface area (Å²) in [5, 5.41) is 3.49. The summed E-state index contributed by atoms with van der Waals surface area (Å²) in [4.78, 5) is 0. The van der Waals surface area contributed by atoms with Gasteiger partial charge in [-0.3, -0.25) is 0 Å². The van der Waals surface area contributed by atoms with Crippen LogP contribution in [0.15, 0.2) is 24.3 Å². The molecule has 0 heterocycles. The molecule has 1 N–H and O–H groups in total. The maximum atomic E-state index is 5.74. The number of benzene rings is 1. The molecule has 0 fully saturated rings. The molecule has 0 aliphatic carbocycles. The number of nitrogens with one attached hydrogen (secondary N) is 1. The van der Waals surface area contributed by atoms with Crippen molar-refractivity contribution in [2.24, 2.45) is 11.8 Å². The van der Waals surface area contributed by atoms with Crippen LogP contribution in [0.1, 0.15) is 41.0 Å². The van der Waals surface area contributed by atoms with Crippen LogP contribution in [-0.4, -0.2) is 12.6 Å². The fraction of sp³-hybridized carbons (Fsp3) is 0.625. The molecule has 0 amide bonds. The smallest absolute Gasteiger partial charge is 0.119 e. The van der Waals surface area contributed by atoms with E-state index < -0.39 is 0 Å². The zero-order chi connectivity index (χ0) is 13.5. The lowest BCUT2D eigenvalue weighted by atomic mass is 10.1. The SMILES string of the molecule is CCC(C)COc1ccc(NC(C)C(C)C)cc1. The van der Waals surface area contributed by atoms with E-state index in [2.05, 4.69) is 52.1 Å². The molecule has 18 heavy (non-hydrogen) atoms. The molecule has 0 saturated heterocycles. The van der Waals surface area contributed by atoms with Gasteiger partial charge in [-0.05, 0) is 43.0 Å². The van der Waals surface area contributed by atoms with Crippen molar-refractivity contribution in [1.82, 2.24) is 0 Å². The molecule has 0 spiro atoms. The zero-order valence-electron chi connectivity index (χ0n) is 12.4. The topological polar surface area (TPSA) is 21.3 Å². The Kier molecular flexibility index (Phi) is 6.03. The Balaban J connectivity index is 2.47. The molecule has 0 bridgehead atoms. The van der Waals surface area contributed by atoms with E-state index >= 15 is 0 Å². The van der Waals surface area contributed by atoms with Crippen LogP contribution < -0.4 is 10.1 Å². The van der Waals surface area contributed by atoms with Gasteiger partial charge in [-0.15, -0.1) is 0 Å². The van der Waals surface area contributed by atoms with Crippen molar-refractivity contribution >= 4 is 5.69 Å². The molecule has 0 aliphatic heterocycles. The number of hydrogen-bond donors (Lipinski definition) is 1. The lowest BCUT2D eigenvalue weighted by Gasteiger charge is -2.19. The molecular weight excluding hydrogens is 222 g/mol. The van der Waals surface area contributed by atoms with E-state index in [1.165, 1.54) is 0 Å². The van der Waals surface area contributed by atoms with Gasteiger partial charge in [-0.1, -0.05) is 34.1 Å². The van der Waals surface area contributed by atoms with E-state index in [1.54, 1.807) is 0 Å². The first-order chi connectivity index (χ1) is 8.52. The van der Waals surface area contributed by atoms with E-state index in [-0.39, 0.29) is 0 Å². The first-order valence-corrected chi connectivity index (χ1v) is 7.02. The first kappa shape index (κ1) is 14.9. The summed E-state index contributed by atoms with van der Waals surface area (Å²) in [6.45, 7) is 11.8. The third-order valence-corrected chi connectivity index (χ3v) is 3.48. The Morgan fingerprint density at radius 3 is 2.17 bits per heavy atom. The largest absolute Gasteiger partial charge is 0.493 e. The van der Waals surface area contributed by atoms with Crippen LogP contribution in [-0.2, 0) is 0 Å². The predicted octanol–water partition coefficient (Wildman–Crippen LogP) is 4.57. The third kappa shape index (κ3) is 4.99. The molecule has 102 valence electrons. The summed E-state index contributed by atoms with van der Waals surface area (Å²) in [5.74, 6) is 2.20. The summed E-state index contributed by atoms with van der Waals surface area (Å²) >= 11 is 0. The van der Waals surface area contributed by atoms with Crippen molar-refractivity contribution in [1.29, 1.82) is 0 Å². The van der Waals surface area contributed by atoms with Gasteiger partial charge in [0, 0.05) is 11.7 Å². The molecule has 2 nitrogen and oxygen atoms in total. The van der Waals surface area contributed by atoms with Crippen molar-refractivity contribution in [2.75, 3.05) is 11.9 Å². The van der Waals surface area contributed by atoms with E-state index in [4.69, 9.17) is 4.74 Å². The Hall–Kier alpha value is -1.18. The number of anilines is 1. The minimum absolute atomic E-state index is 0.483. The molecule has 0 aromatic heterocycles. The second-order valence-corrected chi connectivity index (χ2v) is 5.53. The van der Waals surface area contributed by atoms with Crippen molar-refractivity contribution < 1.29 is 4.74 Å². The lowest BCUT2D eigenvalue weighted by Crippen LogP contribution is -2.21.